The van der Waals surface area contributed by atoms with Crippen molar-refractivity contribution in [3.05, 3.63) is 77.1 Å². The third kappa shape index (κ3) is 6.10. The topological polar surface area (TPSA) is 84.4 Å². The van der Waals surface area contributed by atoms with E-state index in [0.29, 0.717) is 29.3 Å². The number of nitrogens with one attached hydrogen (secondary N) is 1. The highest BCUT2D eigenvalue weighted by molar-refractivity contribution is 5.87. The van der Waals surface area contributed by atoms with E-state index in [1.54, 1.807) is 24.4 Å². The van der Waals surface area contributed by atoms with Crippen molar-refractivity contribution in [2.24, 2.45) is 0 Å². The largest absolute Gasteiger partial charge is 0.573 e. The van der Waals surface area contributed by atoms with Gasteiger partial charge in [-0.3, -0.25) is 9.78 Å². The molecule has 2 N–H and O–H groups in total. The molecule has 204 valence electrons. The summed E-state index contributed by atoms with van der Waals surface area (Å²) >= 11 is 0. The first kappa shape index (κ1) is 26.4. The van der Waals surface area contributed by atoms with Crippen LogP contribution in [0.25, 0.3) is 22.2 Å². The van der Waals surface area contributed by atoms with Crippen LogP contribution in [0, 0.1) is 0 Å². The summed E-state index contributed by atoms with van der Waals surface area (Å²) in [6.07, 6.45) is -6.96. The van der Waals surface area contributed by atoms with E-state index in [2.05, 4.69) is 14.7 Å². The average Bonchev–Trinajstić information content (AvgIpc) is 3.62. The molecule has 0 unspecified atom stereocenters. The number of ether oxygens (including phenoxy) is 2. The maximum atomic E-state index is 14.2. The molecular weight excluding hydrogens is 530 g/mol. The fraction of sp³-hybridized carbons (Fsp3) is 0.259. The molecule has 0 bridgehead atoms. The maximum Gasteiger partial charge on any atom is 0.573 e. The van der Waals surface area contributed by atoms with Gasteiger partial charge >= 0.3 is 18.5 Å². The summed E-state index contributed by atoms with van der Waals surface area (Å²) < 4.78 is 89.6. The molecule has 2 aromatic heterocycles. The van der Waals surface area contributed by atoms with Gasteiger partial charge in [0.2, 0.25) is 0 Å². The number of halogens is 6. The summed E-state index contributed by atoms with van der Waals surface area (Å²) in [5.74, 6) is -1.40. The first-order valence-electron chi connectivity index (χ1n) is 11.8. The molecule has 39 heavy (non-hydrogen) atoms. The second-order valence-corrected chi connectivity index (χ2v) is 9.14. The standard InChI is InChI=1S/C27H20F6N2O4/c28-26(29,30)21-11-22(14-3-5-17(6-4-14)39-27(31,32)33)35-25(15-1-2-15)20(21)13-38-18-7-8-19-16(9-24(36)37)12-34-23(19)10-18/h3-8,10-12,15,34H,1-2,9,13H2,(H,36,37). The molecule has 0 amide bonds. The van der Waals surface area contributed by atoms with Crippen LogP contribution >= 0.6 is 0 Å². The Labute approximate surface area is 217 Å². The number of alkyl halides is 6. The number of carboxylic acid groups (broad SMARTS) is 1. The van der Waals surface area contributed by atoms with Crippen LogP contribution < -0.4 is 9.47 Å². The number of aliphatic carboxylic acids is 1. The van der Waals surface area contributed by atoms with E-state index >= 15 is 0 Å². The van der Waals surface area contributed by atoms with Gasteiger partial charge in [0.05, 0.1) is 23.4 Å². The van der Waals surface area contributed by atoms with Crippen molar-refractivity contribution in [2.45, 2.75) is 44.3 Å². The summed E-state index contributed by atoms with van der Waals surface area (Å²) in [5.41, 5.74) is 0.522. The van der Waals surface area contributed by atoms with Crippen molar-refractivity contribution in [3.63, 3.8) is 0 Å². The van der Waals surface area contributed by atoms with E-state index in [9.17, 15) is 31.1 Å². The Kier molecular flexibility index (Phi) is 6.65. The zero-order valence-electron chi connectivity index (χ0n) is 20.0. The number of nitrogens with zero attached hydrogens (tertiary/aromatic N) is 1. The number of pyridine rings is 1. The third-order valence-corrected chi connectivity index (χ3v) is 6.27. The molecule has 0 saturated heterocycles. The van der Waals surface area contributed by atoms with Gasteiger partial charge in [0.15, 0.2) is 0 Å². The van der Waals surface area contributed by atoms with Gasteiger partial charge in [0, 0.05) is 40.2 Å². The monoisotopic (exact) mass is 550 g/mol. The normalized spacial score (nSPS) is 14.0. The highest BCUT2D eigenvalue weighted by Gasteiger charge is 2.39. The molecule has 4 aromatic rings. The second-order valence-electron chi connectivity index (χ2n) is 9.14. The predicted molar refractivity (Wildman–Crippen MR) is 127 cm³/mol. The summed E-state index contributed by atoms with van der Waals surface area (Å²) in [4.78, 5) is 18.5. The number of carbonyl (C=O) groups is 1. The molecule has 5 rings (SSSR count). The molecule has 6 nitrogen and oxygen atoms in total. The molecule has 2 aromatic carbocycles. The van der Waals surface area contributed by atoms with Crippen molar-refractivity contribution >= 4 is 16.9 Å². The van der Waals surface area contributed by atoms with Crippen LogP contribution in [0.1, 0.15) is 41.1 Å². The van der Waals surface area contributed by atoms with E-state index < -0.39 is 36.4 Å². The molecule has 12 heteroatoms. The maximum absolute atomic E-state index is 14.2. The minimum absolute atomic E-state index is 0.0229. The minimum Gasteiger partial charge on any atom is -0.489 e. The van der Waals surface area contributed by atoms with Crippen LogP contribution in [0.3, 0.4) is 0 Å². The van der Waals surface area contributed by atoms with Crippen molar-refractivity contribution in [2.75, 3.05) is 0 Å². The van der Waals surface area contributed by atoms with Crippen molar-refractivity contribution < 1.29 is 45.7 Å². The Morgan fingerprint density at radius 3 is 2.31 bits per heavy atom. The highest BCUT2D eigenvalue weighted by atomic mass is 19.4. The Morgan fingerprint density at radius 1 is 1.00 bits per heavy atom. The second kappa shape index (κ2) is 9.83. The van der Waals surface area contributed by atoms with Gasteiger partial charge in [0.1, 0.15) is 18.1 Å². The van der Waals surface area contributed by atoms with Gasteiger partial charge in [-0.15, -0.1) is 13.2 Å². The molecule has 0 atom stereocenters. The molecule has 1 aliphatic carbocycles. The molecule has 1 fully saturated rings. The molecule has 0 spiro atoms. The van der Waals surface area contributed by atoms with Gasteiger partial charge in [-0.1, -0.05) is 0 Å². The Bertz CT molecular complexity index is 1520. The van der Waals surface area contributed by atoms with Crippen molar-refractivity contribution in [3.8, 4) is 22.8 Å². The summed E-state index contributed by atoms with van der Waals surface area (Å²) in [5, 5.41) is 9.70. The van der Waals surface area contributed by atoms with E-state index in [0.717, 1.165) is 18.2 Å². The first-order chi connectivity index (χ1) is 18.4. The predicted octanol–water partition coefficient (Wildman–Crippen LogP) is 7.23. The van der Waals surface area contributed by atoms with Crippen LogP contribution in [0.4, 0.5) is 26.3 Å². The van der Waals surface area contributed by atoms with E-state index in [-0.39, 0.29) is 40.6 Å². The number of aromatic amines is 1. The van der Waals surface area contributed by atoms with Gasteiger partial charge in [0.25, 0.3) is 0 Å². The SMILES string of the molecule is O=C(O)Cc1c[nH]c2cc(OCc3c(C(F)(F)F)cc(-c4ccc(OC(F)(F)F)cc4)nc3C3CC3)ccc12. The van der Waals surface area contributed by atoms with Gasteiger partial charge in [-0.25, -0.2) is 0 Å². The number of H-pyrrole nitrogens is 1. The number of aromatic nitrogens is 2. The number of rotatable bonds is 8. The molecule has 2 heterocycles. The van der Waals surface area contributed by atoms with Gasteiger partial charge in [-0.05, 0) is 60.9 Å². The lowest BCUT2D eigenvalue weighted by Gasteiger charge is -2.19. The Hall–Kier alpha value is -4.22. The van der Waals surface area contributed by atoms with Crippen molar-refractivity contribution in [1.82, 2.24) is 9.97 Å². The van der Waals surface area contributed by atoms with Crippen molar-refractivity contribution in [1.29, 1.82) is 0 Å². The molecule has 0 radical (unpaired) electrons. The minimum atomic E-state index is -4.89. The van der Waals surface area contributed by atoms with Gasteiger partial charge in [-0.2, -0.15) is 13.2 Å². The van der Waals surface area contributed by atoms with E-state index in [1.165, 1.54) is 12.1 Å². The van der Waals surface area contributed by atoms with Crippen LogP contribution in [0.15, 0.2) is 54.7 Å². The Balaban J connectivity index is 1.46. The van der Waals surface area contributed by atoms with Crippen LogP contribution in [-0.4, -0.2) is 27.4 Å². The van der Waals surface area contributed by atoms with Gasteiger partial charge < -0.3 is 19.6 Å². The van der Waals surface area contributed by atoms with Crippen LogP contribution in [-0.2, 0) is 24.0 Å². The third-order valence-electron chi connectivity index (χ3n) is 6.27. The zero-order chi connectivity index (χ0) is 27.9. The van der Waals surface area contributed by atoms with E-state index in [4.69, 9.17) is 9.84 Å². The molecule has 1 aliphatic rings. The molecule has 1 saturated carbocycles. The number of hydrogen-bond donors (Lipinski definition) is 2. The summed E-state index contributed by atoms with van der Waals surface area (Å²) in [6.45, 7) is -0.416. The fourth-order valence-corrected chi connectivity index (χ4v) is 4.39. The molecular formula is C27H20F6N2O4. The van der Waals surface area contributed by atoms with E-state index in [1.807, 2.05) is 0 Å². The smallest absolute Gasteiger partial charge is 0.489 e. The van der Waals surface area contributed by atoms with Crippen LogP contribution in [0.5, 0.6) is 11.5 Å². The zero-order valence-corrected chi connectivity index (χ0v) is 20.0. The molecule has 0 aliphatic heterocycles. The quantitative estimate of drug-likeness (QED) is 0.226. The Morgan fingerprint density at radius 2 is 1.69 bits per heavy atom. The highest BCUT2D eigenvalue weighted by Crippen LogP contribution is 2.45. The number of benzene rings is 2. The first-order valence-corrected chi connectivity index (χ1v) is 11.8. The fourth-order valence-electron chi connectivity index (χ4n) is 4.39. The lowest BCUT2D eigenvalue weighted by Crippen LogP contribution is -2.17. The van der Waals surface area contributed by atoms with Crippen LogP contribution in [0.2, 0.25) is 0 Å². The lowest BCUT2D eigenvalue weighted by atomic mass is 9.99. The average molecular weight is 550 g/mol. The number of fused-ring (bicyclic) bond motifs is 1. The lowest BCUT2D eigenvalue weighted by molar-refractivity contribution is -0.274. The summed E-state index contributed by atoms with van der Waals surface area (Å²) in [7, 11) is 0. The number of carboxylic acids is 1. The summed E-state index contributed by atoms with van der Waals surface area (Å²) in [6, 6.07) is 10.1. The number of hydrogen-bond acceptors (Lipinski definition) is 4.